The van der Waals surface area contributed by atoms with E-state index in [4.69, 9.17) is 10.5 Å². The first-order valence-corrected chi connectivity index (χ1v) is 7.91. The molecule has 1 aromatic carbocycles. The van der Waals surface area contributed by atoms with Gasteiger partial charge in [0.1, 0.15) is 5.75 Å². The molecule has 0 heterocycles. The lowest BCUT2D eigenvalue weighted by atomic mass is 9.92. The summed E-state index contributed by atoms with van der Waals surface area (Å²) >= 11 is 0. The van der Waals surface area contributed by atoms with Crippen molar-refractivity contribution >= 4 is 0 Å². The van der Waals surface area contributed by atoms with E-state index in [1.54, 1.807) is 0 Å². The first-order valence-electron chi connectivity index (χ1n) is 7.91. The fourth-order valence-corrected chi connectivity index (χ4v) is 3.23. The highest BCUT2D eigenvalue weighted by Crippen LogP contribution is 2.29. The lowest BCUT2D eigenvalue weighted by molar-refractivity contribution is 0.140. The van der Waals surface area contributed by atoms with Gasteiger partial charge in [-0.25, -0.2) is 0 Å². The Morgan fingerprint density at radius 1 is 1.20 bits per heavy atom. The summed E-state index contributed by atoms with van der Waals surface area (Å²) in [6, 6.07) is 9.41. The molecule has 0 aliphatic heterocycles. The van der Waals surface area contributed by atoms with Crippen molar-refractivity contribution in [3.05, 3.63) is 29.8 Å². The third-order valence-electron chi connectivity index (χ3n) is 4.44. The number of likely N-dealkylation sites (N-methyl/N-ethyl adjacent to an activating group) is 1. The number of benzene rings is 1. The molecule has 0 amide bonds. The molecule has 1 fully saturated rings. The maximum atomic E-state index is 6.04. The number of nitrogens with zero attached hydrogens (tertiary/aromatic N) is 1. The van der Waals surface area contributed by atoms with E-state index in [9.17, 15) is 0 Å². The average molecular weight is 276 g/mol. The highest BCUT2D eigenvalue weighted by Gasteiger charge is 2.24. The number of nitrogens with two attached hydrogens (primary N) is 1. The molecule has 1 aliphatic rings. The maximum Gasteiger partial charge on any atom is 0.119 e. The Hall–Kier alpha value is -1.06. The molecule has 0 spiro atoms. The molecule has 2 rings (SSSR count). The molecule has 2 N–H and O–H groups in total. The van der Waals surface area contributed by atoms with Crippen LogP contribution in [0.1, 0.15) is 50.6 Å². The van der Waals surface area contributed by atoms with Gasteiger partial charge in [0.15, 0.2) is 0 Å². The van der Waals surface area contributed by atoms with Crippen LogP contribution in [-0.2, 0) is 0 Å². The molecule has 1 saturated carbocycles. The Morgan fingerprint density at radius 3 is 2.40 bits per heavy atom. The zero-order valence-corrected chi connectivity index (χ0v) is 12.8. The Balaban J connectivity index is 2.05. The van der Waals surface area contributed by atoms with Crippen molar-refractivity contribution in [1.29, 1.82) is 0 Å². The van der Waals surface area contributed by atoms with E-state index in [-0.39, 0.29) is 0 Å². The largest absolute Gasteiger partial charge is 0.494 e. The smallest absolute Gasteiger partial charge is 0.119 e. The van der Waals surface area contributed by atoms with Gasteiger partial charge in [0.2, 0.25) is 0 Å². The highest BCUT2D eigenvalue weighted by molar-refractivity contribution is 5.29. The van der Waals surface area contributed by atoms with Crippen molar-refractivity contribution in [2.24, 2.45) is 5.73 Å². The van der Waals surface area contributed by atoms with Crippen molar-refractivity contribution < 1.29 is 4.74 Å². The van der Waals surface area contributed by atoms with Gasteiger partial charge in [-0.3, -0.25) is 4.90 Å². The van der Waals surface area contributed by atoms with Gasteiger partial charge in [-0.1, -0.05) is 31.4 Å². The first-order chi connectivity index (χ1) is 9.76. The van der Waals surface area contributed by atoms with Gasteiger partial charge in [-0.05, 0) is 44.5 Å². The van der Waals surface area contributed by atoms with Gasteiger partial charge in [-0.2, -0.15) is 0 Å². The molecule has 0 bridgehead atoms. The molecule has 20 heavy (non-hydrogen) atoms. The van der Waals surface area contributed by atoms with E-state index >= 15 is 0 Å². The summed E-state index contributed by atoms with van der Waals surface area (Å²) in [4.78, 5) is 2.48. The van der Waals surface area contributed by atoms with Crippen molar-refractivity contribution in [3.63, 3.8) is 0 Å². The summed E-state index contributed by atoms with van der Waals surface area (Å²) < 4.78 is 5.51. The number of rotatable bonds is 6. The monoisotopic (exact) mass is 276 g/mol. The van der Waals surface area contributed by atoms with Gasteiger partial charge < -0.3 is 10.5 Å². The van der Waals surface area contributed by atoms with Crippen molar-refractivity contribution in [2.45, 2.75) is 51.1 Å². The number of ether oxygens (including phenoxy) is 1. The molecule has 1 aliphatic carbocycles. The zero-order chi connectivity index (χ0) is 14.4. The summed E-state index contributed by atoms with van der Waals surface area (Å²) in [7, 11) is 2.23. The molecule has 1 atom stereocenters. The number of hydrogen-bond donors (Lipinski definition) is 1. The van der Waals surface area contributed by atoms with Gasteiger partial charge >= 0.3 is 0 Å². The summed E-state index contributed by atoms with van der Waals surface area (Å²) in [5.41, 5.74) is 7.33. The normalized spacial score (nSPS) is 18.2. The molecular formula is C17H28N2O. The van der Waals surface area contributed by atoms with Crippen LogP contribution in [0.5, 0.6) is 5.75 Å². The van der Waals surface area contributed by atoms with Gasteiger partial charge in [0.25, 0.3) is 0 Å². The summed E-state index contributed by atoms with van der Waals surface area (Å²) in [6.07, 6.45) is 6.72. The lowest BCUT2D eigenvalue weighted by Crippen LogP contribution is -2.39. The Morgan fingerprint density at radius 2 is 1.85 bits per heavy atom. The second kappa shape index (κ2) is 7.65. The quantitative estimate of drug-likeness (QED) is 0.866. The molecular weight excluding hydrogens is 248 g/mol. The second-order valence-corrected chi connectivity index (χ2v) is 5.71. The predicted molar refractivity (Wildman–Crippen MR) is 84.0 cm³/mol. The maximum absolute atomic E-state index is 6.04. The molecule has 0 saturated heterocycles. The minimum atomic E-state index is 0.314. The summed E-state index contributed by atoms with van der Waals surface area (Å²) in [5, 5.41) is 0. The van der Waals surface area contributed by atoms with E-state index in [1.165, 1.54) is 37.7 Å². The molecule has 1 unspecified atom stereocenters. The molecule has 0 radical (unpaired) electrons. The topological polar surface area (TPSA) is 38.5 Å². The average Bonchev–Trinajstić information content (AvgIpc) is 2.51. The van der Waals surface area contributed by atoms with Crippen LogP contribution in [0.2, 0.25) is 0 Å². The van der Waals surface area contributed by atoms with Crippen LogP contribution in [-0.4, -0.2) is 31.1 Å². The molecule has 112 valence electrons. The van der Waals surface area contributed by atoms with E-state index in [1.807, 2.05) is 6.92 Å². The van der Waals surface area contributed by atoms with E-state index in [0.29, 0.717) is 25.2 Å². The van der Waals surface area contributed by atoms with Crippen LogP contribution in [0, 0.1) is 0 Å². The predicted octanol–water partition coefficient (Wildman–Crippen LogP) is 3.35. The van der Waals surface area contributed by atoms with Gasteiger partial charge in [0, 0.05) is 18.6 Å². The zero-order valence-electron chi connectivity index (χ0n) is 12.8. The minimum absolute atomic E-state index is 0.314. The van der Waals surface area contributed by atoms with Crippen molar-refractivity contribution in [2.75, 3.05) is 20.2 Å². The van der Waals surface area contributed by atoms with Gasteiger partial charge in [-0.15, -0.1) is 0 Å². The number of hydrogen-bond acceptors (Lipinski definition) is 3. The van der Waals surface area contributed by atoms with Crippen LogP contribution in [0.25, 0.3) is 0 Å². The molecule has 0 aromatic heterocycles. The van der Waals surface area contributed by atoms with Crippen molar-refractivity contribution in [1.82, 2.24) is 4.90 Å². The fourth-order valence-electron chi connectivity index (χ4n) is 3.23. The summed E-state index contributed by atoms with van der Waals surface area (Å²) in [6.45, 7) is 3.38. The van der Waals surface area contributed by atoms with Crippen LogP contribution in [0.3, 0.4) is 0 Å². The SMILES string of the molecule is CCOc1ccc(C(CN)N(C)C2CCCCC2)cc1. The third-order valence-corrected chi connectivity index (χ3v) is 4.44. The summed E-state index contributed by atoms with van der Waals surface area (Å²) in [5.74, 6) is 0.937. The van der Waals surface area contributed by atoms with E-state index < -0.39 is 0 Å². The van der Waals surface area contributed by atoms with Crippen molar-refractivity contribution in [3.8, 4) is 5.75 Å². The van der Waals surface area contributed by atoms with Crippen LogP contribution in [0.15, 0.2) is 24.3 Å². The molecule has 3 heteroatoms. The van der Waals surface area contributed by atoms with Crippen LogP contribution in [0.4, 0.5) is 0 Å². The minimum Gasteiger partial charge on any atom is -0.494 e. The van der Waals surface area contributed by atoms with Gasteiger partial charge in [0.05, 0.1) is 6.61 Å². The molecule has 1 aromatic rings. The highest BCUT2D eigenvalue weighted by atomic mass is 16.5. The second-order valence-electron chi connectivity index (χ2n) is 5.71. The fraction of sp³-hybridized carbons (Fsp3) is 0.647. The first kappa shape index (κ1) is 15.3. The Kier molecular flexibility index (Phi) is 5.86. The standard InChI is InChI=1S/C17H28N2O/c1-3-20-16-11-9-14(10-12-16)17(13-18)19(2)15-7-5-4-6-8-15/h9-12,15,17H,3-8,13,18H2,1-2H3. The lowest BCUT2D eigenvalue weighted by Gasteiger charge is -2.37. The van der Waals surface area contributed by atoms with E-state index in [2.05, 4.69) is 36.2 Å². The van der Waals surface area contributed by atoms with Crippen LogP contribution >= 0.6 is 0 Å². The third kappa shape index (κ3) is 3.74. The van der Waals surface area contributed by atoms with E-state index in [0.717, 1.165) is 5.75 Å². The Labute approximate surface area is 123 Å². The van der Waals surface area contributed by atoms with Crippen LogP contribution < -0.4 is 10.5 Å². The Bertz CT molecular complexity index is 384. The molecule has 3 nitrogen and oxygen atoms in total.